The van der Waals surface area contributed by atoms with Crippen LogP contribution in [0.2, 0.25) is 0 Å². The van der Waals surface area contributed by atoms with Crippen LogP contribution in [0.15, 0.2) is 11.4 Å². The number of hydrogen-bond acceptors (Lipinski definition) is 3. The molecule has 3 unspecified atom stereocenters. The van der Waals surface area contributed by atoms with E-state index < -0.39 is 0 Å². The molecule has 2 aliphatic rings. The second-order valence-electron chi connectivity index (χ2n) is 6.38. The van der Waals surface area contributed by atoms with E-state index in [0.717, 1.165) is 19.3 Å². The Morgan fingerprint density at radius 2 is 2.32 bits per heavy atom. The predicted molar refractivity (Wildman–Crippen MR) is 76.3 cm³/mol. The van der Waals surface area contributed by atoms with Gasteiger partial charge in [0.25, 0.3) is 0 Å². The molecule has 1 aromatic rings. The van der Waals surface area contributed by atoms with Crippen LogP contribution in [0.1, 0.15) is 49.5 Å². The average Bonchev–Trinajstić information content (AvgIpc) is 2.86. The summed E-state index contributed by atoms with van der Waals surface area (Å²) in [4.78, 5) is 13.8. The van der Waals surface area contributed by atoms with Crippen molar-refractivity contribution in [3.05, 3.63) is 21.9 Å². The van der Waals surface area contributed by atoms with Crippen molar-refractivity contribution in [2.75, 3.05) is 0 Å². The molecule has 0 spiro atoms. The molecule has 1 amide bonds. The van der Waals surface area contributed by atoms with Crippen molar-refractivity contribution in [1.29, 1.82) is 0 Å². The quantitative estimate of drug-likeness (QED) is 0.873. The average molecular weight is 279 g/mol. The van der Waals surface area contributed by atoms with Gasteiger partial charge in [0.2, 0.25) is 5.91 Å². The number of carbonyl (C=O) groups excluding carboxylic acids is 1. The number of hydrogen-bond donors (Lipinski definition) is 2. The fourth-order valence-corrected chi connectivity index (χ4v) is 4.17. The van der Waals surface area contributed by atoms with E-state index in [9.17, 15) is 9.90 Å². The van der Waals surface area contributed by atoms with Gasteiger partial charge in [0.05, 0.1) is 12.0 Å². The predicted octanol–water partition coefficient (Wildman–Crippen LogP) is 2.44. The van der Waals surface area contributed by atoms with Gasteiger partial charge in [-0.15, -0.1) is 11.3 Å². The number of nitrogens with one attached hydrogen (secondary N) is 1. The molecule has 1 heterocycles. The molecule has 104 valence electrons. The lowest BCUT2D eigenvalue weighted by molar-refractivity contribution is -0.131. The van der Waals surface area contributed by atoms with E-state index in [1.165, 1.54) is 10.4 Å². The van der Waals surface area contributed by atoms with E-state index in [1.54, 1.807) is 11.3 Å². The van der Waals surface area contributed by atoms with Gasteiger partial charge >= 0.3 is 0 Å². The summed E-state index contributed by atoms with van der Waals surface area (Å²) in [7, 11) is 0. The number of aryl methyl sites for hydroxylation is 1. The summed E-state index contributed by atoms with van der Waals surface area (Å²) < 4.78 is 0. The summed E-state index contributed by atoms with van der Waals surface area (Å²) in [6.07, 6.45) is 3.56. The maximum Gasteiger partial charge on any atom is 0.227 e. The zero-order valence-corrected chi connectivity index (χ0v) is 12.3. The SMILES string of the molecule is CC1(C)C(O)CC1NC(=O)C1CCCc2sccc21. The lowest BCUT2D eigenvalue weighted by Crippen LogP contribution is -2.61. The second-order valence-corrected chi connectivity index (χ2v) is 7.38. The molecular weight excluding hydrogens is 258 g/mol. The summed E-state index contributed by atoms with van der Waals surface area (Å²) in [6, 6.07) is 2.21. The Kier molecular flexibility index (Phi) is 3.18. The molecule has 3 nitrogen and oxygen atoms in total. The highest BCUT2D eigenvalue weighted by Crippen LogP contribution is 2.41. The zero-order valence-electron chi connectivity index (χ0n) is 11.5. The van der Waals surface area contributed by atoms with Gasteiger partial charge in [-0.25, -0.2) is 0 Å². The van der Waals surface area contributed by atoms with Crippen molar-refractivity contribution in [2.24, 2.45) is 5.41 Å². The van der Waals surface area contributed by atoms with Crippen LogP contribution < -0.4 is 5.32 Å². The highest BCUT2D eigenvalue weighted by atomic mass is 32.1. The smallest absolute Gasteiger partial charge is 0.227 e. The molecule has 4 heteroatoms. The van der Waals surface area contributed by atoms with Gasteiger partial charge in [-0.2, -0.15) is 0 Å². The molecule has 0 aromatic carbocycles. The maximum atomic E-state index is 12.5. The number of rotatable bonds is 2. The van der Waals surface area contributed by atoms with Gasteiger partial charge in [0.1, 0.15) is 0 Å². The number of aliphatic hydroxyl groups excluding tert-OH is 1. The third kappa shape index (κ3) is 2.11. The van der Waals surface area contributed by atoms with Crippen LogP contribution >= 0.6 is 11.3 Å². The van der Waals surface area contributed by atoms with Crippen LogP contribution in [0, 0.1) is 5.41 Å². The molecule has 2 N–H and O–H groups in total. The molecule has 19 heavy (non-hydrogen) atoms. The molecule has 3 atom stereocenters. The van der Waals surface area contributed by atoms with E-state index in [4.69, 9.17) is 0 Å². The lowest BCUT2D eigenvalue weighted by Gasteiger charge is -2.49. The van der Waals surface area contributed by atoms with Gasteiger partial charge in [-0.1, -0.05) is 13.8 Å². The standard InChI is InChI=1S/C15H21NO2S/c1-15(2)12(8-13(15)17)16-14(18)10-4-3-5-11-9(10)6-7-19-11/h6-7,10,12-13,17H,3-5,8H2,1-2H3,(H,16,18). The van der Waals surface area contributed by atoms with Crippen molar-refractivity contribution in [3.8, 4) is 0 Å². The number of thiophene rings is 1. The van der Waals surface area contributed by atoms with Gasteiger partial charge in [0, 0.05) is 16.3 Å². The molecule has 0 radical (unpaired) electrons. The lowest BCUT2D eigenvalue weighted by atomic mass is 9.64. The van der Waals surface area contributed by atoms with Crippen molar-refractivity contribution in [1.82, 2.24) is 5.32 Å². The Hall–Kier alpha value is -0.870. The molecule has 0 bridgehead atoms. The van der Waals surface area contributed by atoms with E-state index in [2.05, 4.69) is 16.8 Å². The molecule has 1 aromatic heterocycles. The minimum Gasteiger partial charge on any atom is -0.392 e. The molecule has 1 saturated carbocycles. The molecule has 2 aliphatic carbocycles. The van der Waals surface area contributed by atoms with Crippen molar-refractivity contribution < 1.29 is 9.90 Å². The Morgan fingerprint density at radius 3 is 3.00 bits per heavy atom. The van der Waals surface area contributed by atoms with Crippen LogP contribution in [0.4, 0.5) is 0 Å². The zero-order chi connectivity index (χ0) is 13.6. The minimum atomic E-state index is -0.291. The van der Waals surface area contributed by atoms with E-state index >= 15 is 0 Å². The molecule has 0 saturated heterocycles. The van der Waals surface area contributed by atoms with Crippen molar-refractivity contribution in [3.63, 3.8) is 0 Å². The largest absolute Gasteiger partial charge is 0.392 e. The normalized spacial score (nSPS) is 32.3. The van der Waals surface area contributed by atoms with Crippen LogP contribution in [-0.2, 0) is 11.2 Å². The minimum absolute atomic E-state index is 0.0172. The molecule has 3 rings (SSSR count). The Bertz CT molecular complexity index is 494. The van der Waals surface area contributed by atoms with Crippen LogP contribution in [0.25, 0.3) is 0 Å². The highest BCUT2D eigenvalue weighted by molar-refractivity contribution is 7.10. The van der Waals surface area contributed by atoms with Crippen molar-refractivity contribution >= 4 is 17.2 Å². The van der Waals surface area contributed by atoms with Gasteiger partial charge in [-0.05, 0) is 42.7 Å². The fraction of sp³-hybridized carbons (Fsp3) is 0.667. The highest BCUT2D eigenvalue weighted by Gasteiger charge is 2.48. The van der Waals surface area contributed by atoms with Crippen molar-refractivity contribution in [2.45, 2.75) is 57.6 Å². The third-order valence-electron chi connectivity index (χ3n) is 4.90. The third-order valence-corrected chi connectivity index (χ3v) is 5.90. The summed E-state index contributed by atoms with van der Waals surface area (Å²) in [6.45, 7) is 4.03. The van der Waals surface area contributed by atoms with E-state index in [0.29, 0.717) is 6.42 Å². The van der Waals surface area contributed by atoms with Gasteiger partial charge in [0.15, 0.2) is 0 Å². The Balaban J connectivity index is 1.70. The molecular formula is C15H21NO2S. The number of fused-ring (bicyclic) bond motifs is 1. The monoisotopic (exact) mass is 279 g/mol. The number of amides is 1. The topological polar surface area (TPSA) is 49.3 Å². The summed E-state index contributed by atoms with van der Waals surface area (Å²) >= 11 is 1.77. The van der Waals surface area contributed by atoms with Crippen LogP contribution in [-0.4, -0.2) is 23.2 Å². The van der Waals surface area contributed by atoms with Gasteiger partial charge < -0.3 is 10.4 Å². The van der Waals surface area contributed by atoms with E-state index in [1.807, 2.05) is 13.8 Å². The number of aliphatic hydroxyl groups is 1. The van der Waals surface area contributed by atoms with E-state index in [-0.39, 0.29) is 29.4 Å². The summed E-state index contributed by atoms with van der Waals surface area (Å²) in [5.74, 6) is 0.160. The van der Waals surface area contributed by atoms with Crippen LogP contribution in [0.5, 0.6) is 0 Å². The second kappa shape index (κ2) is 4.60. The Morgan fingerprint density at radius 1 is 1.53 bits per heavy atom. The summed E-state index contributed by atoms with van der Waals surface area (Å²) in [5.41, 5.74) is 1.04. The molecule has 0 aliphatic heterocycles. The van der Waals surface area contributed by atoms with Crippen LogP contribution in [0.3, 0.4) is 0 Å². The van der Waals surface area contributed by atoms with Gasteiger partial charge in [-0.3, -0.25) is 4.79 Å². The molecule has 1 fully saturated rings. The Labute approximate surface area is 118 Å². The first kappa shape index (κ1) is 13.1. The first-order chi connectivity index (χ1) is 9.00. The first-order valence-electron chi connectivity index (χ1n) is 7.05. The fourth-order valence-electron chi connectivity index (χ4n) is 3.18. The maximum absolute atomic E-state index is 12.5. The first-order valence-corrected chi connectivity index (χ1v) is 7.93. The summed E-state index contributed by atoms with van der Waals surface area (Å²) in [5, 5.41) is 15.0. The number of carbonyl (C=O) groups is 1.